The molecule has 5 N–H and O–H groups in total. The second kappa shape index (κ2) is 4.43. The van der Waals surface area contributed by atoms with E-state index in [2.05, 4.69) is 4.99 Å². The molecule has 2 unspecified atom stereocenters. The fourth-order valence-electron chi connectivity index (χ4n) is 1.82. The molecule has 9 heteroatoms. The number of ether oxygens (including phenoxy) is 1. The standard InChI is InChI=1S/C9H13F2N3O4/c10-9(11)6(16)4(3-15)18-7(9)14-2-1-5(12)13-8(14)17/h1-2,4,6-8,15-17H,3H2,(H2,12,13)/t4-,6?,7-,8?/m1/s1. The lowest BCUT2D eigenvalue weighted by Crippen LogP contribution is -2.51. The normalized spacial score (nSPS) is 38.9. The Balaban J connectivity index is 2.22. The lowest BCUT2D eigenvalue weighted by molar-refractivity contribution is -0.186. The molecular weight excluding hydrogens is 252 g/mol. The van der Waals surface area contributed by atoms with Crippen molar-refractivity contribution in [2.45, 2.75) is 30.7 Å². The molecule has 18 heavy (non-hydrogen) atoms. The minimum absolute atomic E-state index is 0.0145. The highest BCUT2D eigenvalue weighted by Crippen LogP contribution is 2.39. The number of aliphatic hydroxyl groups is 3. The van der Waals surface area contributed by atoms with Crippen LogP contribution in [-0.2, 0) is 4.74 Å². The SMILES string of the molecule is NC1=NC(O)N([C@@H]2O[C@H](CO)C(O)C2(F)F)C=C1. The van der Waals surface area contributed by atoms with Crippen LogP contribution in [0, 0.1) is 0 Å². The van der Waals surface area contributed by atoms with Crippen LogP contribution >= 0.6 is 0 Å². The third-order valence-corrected chi connectivity index (χ3v) is 2.78. The van der Waals surface area contributed by atoms with E-state index in [0.29, 0.717) is 0 Å². The highest BCUT2D eigenvalue weighted by atomic mass is 19.3. The number of hydrogen-bond acceptors (Lipinski definition) is 7. The third kappa shape index (κ3) is 1.94. The van der Waals surface area contributed by atoms with Gasteiger partial charge in [0.05, 0.1) is 6.61 Å². The minimum atomic E-state index is -3.65. The molecule has 0 bridgehead atoms. The summed E-state index contributed by atoms with van der Waals surface area (Å²) in [7, 11) is 0. The number of hydrogen-bond donors (Lipinski definition) is 4. The van der Waals surface area contributed by atoms with E-state index < -0.39 is 37.3 Å². The zero-order valence-electron chi connectivity index (χ0n) is 9.15. The molecular formula is C9H13F2N3O4. The summed E-state index contributed by atoms with van der Waals surface area (Å²) < 4.78 is 32.3. The first-order chi connectivity index (χ1) is 8.37. The number of aliphatic hydroxyl groups excluding tert-OH is 3. The second-order valence-corrected chi connectivity index (χ2v) is 3.99. The van der Waals surface area contributed by atoms with Crippen LogP contribution in [0.15, 0.2) is 17.3 Å². The molecule has 7 nitrogen and oxygen atoms in total. The smallest absolute Gasteiger partial charge is 0.319 e. The van der Waals surface area contributed by atoms with Gasteiger partial charge in [-0.25, -0.2) is 4.99 Å². The largest absolute Gasteiger partial charge is 0.394 e. The van der Waals surface area contributed by atoms with Crippen LogP contribution in [0.3, 0.4) is 0 Å². The number of halogens is 2. The van der Waals surface area contributed by atoms with Crippen LogP contribution < -0.4 is 5.73 Å². The van der Waals surface area contributed by atoms with E-state index in [1.807, 2.05) is 0 Å². The monoisotopic (exact) mass is 265 g/mol. The average molecular weight is 265 g/mol. The molecule has 0 aliphatic carbocycles. The second-order valence-electron chi connectivity index (χ2n) is 3.99. The van der Waals surface area contributed by atoms with Gasteiger partial charge in [-0.2, -0.15) is 8.78 Å². The molecule has 2 aliphatic heterocycles. The van der Waals surface area contributed by atoms with Crippen LogP contribution in [0.4, 0.5) is 8.78 Å². The first kappa shape index (κ1) is 13.1. The maximum atomic E-state index is 13.7. The number of aliphatic imine (C=N–C) groups is 1. The van der Waals surface area contributed by atoms with Gasteiger partial charge in [0.15, 0.2) is 6.10 Å². The molecule has 4 atom stereocenters. The summed E-state index contributed by atoms with van der Waals surface area (Å²) in [6.07, 6.45) is -4.82. The van der Waals surface area contributed by atoms with Gasteiger partial charge >= 0.3 is 5.92 Å². The Morgan fingerprint density at radius 1 is 1.50 bits per heavy atom. The zero-order chi connectivity index (χ0) is 13.5. The average Bonchev–Trinajstić information content (AvgIpc) is 2.52. The molecule has 102 valence electrons. The van der Waals surface area contributed by atoms with Crippen molar-refractivity contribution in [3.05, 3.63) is 12.3 Å². The van der Waals surface area contributed by atoms with Gasteiger partial charge in [0.2, 0.25) is 12.6 Å². The number of nitrogens with zero attached hydrogens (tertiary/aromatic N) is 2. The van der Waals surface area contributed by atoms with Crippen LogP contribution in [0.5, 0.6) is 0 Å². The van der Waals surface area contributed by atoms with Gasteiger partial charge in [-0.1, -0.05) is 0 Å². The topological polar surface area (TPSA) is 112 Å². The fourth-order valence-corrected chi connectivity index (χ4v) is 1.82. The summed E-state index contributed by atoms with van der Waals surface area (Å²) >= 11 is 0. The molecule has 0 radical (unpaired) electrons. The highest BCUT2D eigenvalue weighted by Gasteiger charge is 2.61. The van der Waals surface area contributed by atoms with Gasteiger partial charge in [-0.3, -0.25) is 0 Å². The minimum Gasteiger partial charge on any atom is -0.394 e. The van der Waals surface area contributed by atoms with E-state index in [4.69, 9.17) is 15.6 Å². The molecule has 2 heterocycles. The summed E-state index contributed by atoms with van der Waals surface area (Å²) in [4.78, 5) is 4.20. The summed E-state index contributed by atoms with van der Waals surface area (Å²) in [6.45, 7) is -0.758. The van der Waals surface area contributed by atoms with Crippen molar-refractivity contribution in [2.75, 3.05) is 6.61 Å². The molecule has 1 fully saturated rings. The van der Waals surface area contributed by atoms with E-state index >= 15 is 0 Å². The highest BCUT2D eigenvalue weighted by molar-refractivity contribution is 5.91. The van der Waals surface area contributed by atoms with Gasteiger partial charge < -0.3 is 30.7 Å². The van der Waals surface area contributed by atoms with E-state index in [0.717, 1.165) is 11.1 Å². The Morgan fingerprint density at radius 3 is 2.67 bits per heavy atom. The third-order valence-electron chi connectivity index (χ3n) is 2.78. The summed E-state index contributed by atoms with van der Waals surface area (Å²) in [5, 5.41) is 27.7. The van der Waals surface area contributed by atoms with Gasteiger partial charge in [0.1, 0.15) is 11.9 Å². The van der Waals surface area contributed by atoms with Crippen LogP contribution in [0.25, 0.3) is 0 Å². The van der Waals surface area contributed by atoms with Gasteiger partial charge in [0.25, 0.3) is 0 Å². The lowest BCUT2D eigenvalue weighted by atomic mass is 10.1. The predicted molar refractivity (Wildman–Crippen MR) is 55.3 cm³/mol. The first-order valence-electron chi connectivity index (χ1n) is 5.17. The molecule has 0 spiro atoms. The van der Waals surface area contributed by atoms with Gasteiger partial charge in [0, 0.05) is 6.20 Å². The Kier molecular flexibility index (Phi) is 3.23. The summed E-state index contributed by atoms with van der Waals surface area (Å²) in [5.74, 6) is -3.67. The zero-order valence-corrected chi connectivity index (χ0v) is 9.15. The van der Waals surface area contributed by atoms with Crippen molar-refractivity contribution < 1.29 is 28.8 Å². The van der Waals surface area contributed by atoms with Crippen LogP contribution in [0.1, 0.15) is 0 Å². The number of rotatable bonds is 2. The van der Waals surface area contributed by atoms with E-state index in [1.54, 1.807) is 0 Å². The molecule has 0 saturated carbocycles. The number of nitrogens with two attached hydrogens (primary N) is 1. The van der Waals surface area contributed by atoms with Gasteiger partial charge in [-0.15, -0.1) is 0 Å². The molecule has 0 aromatic rings. The van der Waals surface area contributed by atoms with Gasteiger partial charge in [-0.05, 0) is 6.08 Å². The van der Waals surface area contributed by atoms with Crippen LogP contribution in [0.2, 0.25) is 0 Å². The maximum Gasteiger partial charge on any atom is 0.319 e. The predicted octanol–water partition coefficient (Wildman–Crippen LogP) is -1.84. The van der Waals surface area contributed by atoms with E-state index in [-0.39, 0.29) is 5.84 Å². The van der Waals surface area contributed by atoms with Crippen LogP contribution in [-0.4, -0.2) is 63.4 Å². The van der Waals surface area contributed by atoms with Crippen molar-refractivity contribution in [3.8, 4) is 0 Å². The summed E-state index contributed by atoms with van der Waals surface area (Å²) in [6, 6.07) is 0. The Labute approximate surface area is 101 Å². The Hall–Kier alpha value is -1.29. The molecule has 0 aromatic carbocycles. The molecule has 1 saturated heterocycles. The number of alkyl halides is 2. The Morgan fingerprint density at radius 2 is 2.17 bits per heavy atom. The Bertz CT molecular complexity index is 390. The van der Waals surface area contributed by atoms with E-state index in [9.17, 15) is 19.0 Å². The number of amidine groups is 1. The van der Waals surface area contributed by atoms with E-state index in [1.165, 1.54) is 6.08 Å². The van der Waals surface area contributed by atoms with Crippen molar-refractivity contribution in [3.63, 3.8) is 0 Å². The fraction of sp³-hybridized carbons (Fsp3) is 0.667. The van der Waals surface area contributed by atoms with Crippen molar-refractivity contribution >= 4 is 5.84 Å². The first-order valence-corrected chi connectivity index (χ1v) is 5.17. The van der Waals surface area contributed by atoms with Crippen molar-refractivity contribution in [1.29, 1.82) is 0 Å². The summed E-state index contributed by atoms with van der Waals surface area (Å²) in [5.41, 5.74) is 5.29. The molecule has 0 amide bonds. The maximum absolute atomic E-state index is 13.7. The molecule has 2 aliphatic rings. The molecule has 2 rings (SSSR count). The quantitative estimate of drug-likeness (QED) is 0.467. The molecule has 0 aromatic heterocycles. The van der Waals surface area contributed by atoms with Crippen molar-refractivity contribution in [1.82, 2.24) is 4.90 Å². The van der Waals surface area contributed by atoms with Crippen molar-refractivity contribution in [2.24, 2.45) is 10.7 Å². The lowest BCUT2D eigenvalue weighted by Gasteiger charge is -2.34.